The maximum absolute atomic E-state index is 13.3. The SMILES string of the molecule is CC(C)CNCC1CCCCC1c1cncc(F)c1. The summed E-state index contributed by atoms with van der Waals surface area (Å²) in [5.74, 6) is 1.56. The second kappa shape index (κ2) is 6.99. The van der Waals surface area contributed by atoms with E-state index in [1.54, 1.807) is 6.07 Å². The molecule has 1 aliphatic rings. The molecule has 2 atom stereocenters. The average molecular weight is 264 g/mol. The number of halogens is 1. The van der Waals surface area contributed by atoms with Gasteiger partial charge in [-0.15, -0.1) is 0 Å². The highest BCUT2D eigenvalue weighted by molar-refractivity contribution is 5.17. The van der Waals surface area contributed by atoms with Gasteiger partial charge in [-0.1, -0.05) is 26.7 Å². The summed E-state index contributed by atoms with van der Waals surface area (Å²) in [6.45, 7) is 6.55. The fraction of sp³-hybridized carbons (Fsp3) is 0.688. The van der Waals surface area contributed by atoms with Gasteiger partial charge in [0.1, 0.15) is 5.82 Å². The van der Waals surface area contributed by atoms with Gasteiger partial charge in [0.2, 0.25) is 0 Å². The lowest BCUT2D eigenvalue weighted by Gasteiger charge is -2.32. The highest BCUT2D eigenvalue weighted by Crippen LogP contribution is 2.37. The van der Waals surface area contributed by atoms with Crippen LogP contribution in [0.2, 0.25) is 0 Å². The van der Waals surface area contributed by atoms with Crippen molar-refractivity contribution in [1.29, 1.82) is 0 Å². The molecule has 0 bridgehead atoms. The van der Waals surface area contributed by atoms with E-state index in [1.807, 2.05) is 6.20 Å². The van der Waals surface area contributed by atoms with Gasteiger partial charge >= 0.3 is 0 Å². The first kappa shape index (κ1) is 14.4. The van der Waals surface area contributed by atoms with Gasteiger partial charge in [-0.3, -0.25) is 4.98 Å². The molecule has 0 radical (unpaired) electrons. The van der Waals surface area contributed by atoms with Gasteiger partial charge < -0.3 is 5.32 Å². The number of nitrogens with one attached hydrogen (secondary N) is 1. The zero-order chi connectivity index (χ0) is 13.7. The van der Waals surface area contributed by atoms with Crippen LogP contribution in [-0.4, -0.2) is 18.1 Å². The van der Waals surface area contributed by atoms with Crippen LogP contribution in [0.5, 0.6) is 0 Å². The minimum Gasteiger partial charge on any atom is -0.316 e. The summed E-state index contributed by atoms with van der Waals surface area (Å²) >= 11 is 0. The van der Waals surface area contributed by atoms with Crippen molar-refractivity contribution in [1.82, 2.24) is 10.3 Å². The fourth-order valence-electron chi connectivity index (χ4n) is 3.08. The normalized spacial score (nSPS) is 23.8. The third kappa shape index (κ3) is 4.27. The molecule has 2 rings (SSSR count). The van der Waals surface area contributed by atoms with E-state index in [0.717, 1.165) is 18.7 Å². The quantitative estimate of drug-likeness (QED) is 0.876. The second-order valence-electron chi connectivity index (χ2n) is 6.14. The van der Waals surface area contributed by atoms with Crippen LogP contribution in [0.25, 0.3) is 0 Å². The number of aromatic nitrogens is 1. The van der Waals surface area contributed by atoms with E-state index in [4.69, 9.17) is 0 Å². The highest BCUT2D eigenvalue weighted by atomic mass is 19.1. The van der Waals surface area contributed by atoms with Gasteiger partial charge in [0, 0.05) is 6.20 Å². The summed E-state index contributed by atoms with van der Waals surface area (Å²) in [6, 6.07) is 1.67. The molecule has 3 heteroatoms. The Morgan fingerprint density at radius 2 is 2.11 bits per heavy atom. The van der Waals surface area contributed by atoms with E-state index in [0.29, 0.717) is 17.8 Å². The predicted molar refractivity (Wildman–Crippen MR) is 76.6 cm³/mol. The molecule has 19 heavy (non-hydrogen) atoms. The first-order chi connectivity index (χ1) is 9.16. The zero-order valence-corrected chi connectivity index (χ0v) is 12.0. The van der Waals surface area contributed by atoms with Crippen LogP contribution in [0.3, 0.4) is 0 Å². The van der Waals surface area contributed by atoms with Gasteiger partial charge in [0.05, 0.1) is 6.20 Å². The zero-order valence-electron chi connectivity index (χ0n) is 12.0. The predicted octanol–water partition coefficient (Wildman–Crippen LogP) is 3.74. The molecule has 1 aromatic rings. The Morgan fingerprint density at radius 1 is 1.32 bits per heavy atom. The summed E-state index contributed by atoms with van der Waals surface area (Å²) in [7, 11) is 0. The van der Waals surface area contributed by atoms with Crippen LogP contribution in [0.15, 0.2) is 18.5 Å². The minimum atomic E-state index is -0.211. The summed E-state index contributed by atoms with van der Waals surface area (Å²) in [4.78, 5) is 4.01. The molecule has 2 nitrogen and oxygen atoms in total. The molecule has 1 aliphatic carbocycles. The van der Waals surface area contributed by atoms with Crippen LogP contribution in [0, 0.1) is 17.7 Å². The van der Waals surface area contributed by atoms with E-state index in [1.165, 1.54) is 31.9 Å². The van der Waals surface area contributed by atoms with Gasteiger partial charge in [-0.2, -0.15) is 0 Å². The van der Waals surface area contributed by atoms with E-state index in [-0.39, 0.29) is 5.82 Å². The molecule has 0 aliphatic heterocycles. The maximum atomic E-state index is 13.3. The van der Waals surface area contributed by atoms with Crippen LogP contribution < -0.4 is 5.32 Å². The van der Waals surface area contributed by atoms with E-state index in [9.17, 15) is 4.39 Å². The Labute approximate surface area is 115 Å². The monoisotopic (exact) mass is 264 g/mol. The molecular formula is C16H25FN2. The van der Waals surface area contributed by atoms with Crippen molar-refractivity contribution in [2.75, 3.05) is 13.1 Å². The molecule has 0 amide bonds. The van der Waals surface area contributed by atoms with Crippen molar-refractivity contribution in [2.45, 2.75) is 45.4 Å². The van der Waals surface area contributed by atoms with Crippen LogP contribution >= 0.6 is 0 Å². The van der Waals surface area contributed by atoms with Crippen molar-refractivity contribution in [3.05, 3.63) is 29.8 Å². The molecule has 1 fully saturated rings. The van der Waals surface area contributed by atoms with Crippen molar-refractivity contribution in [3.63, 3.8) is 0 Å². The van der Waals surface area contributed by atoms with Crippen LogP contribution in [0.1, 0.15) is 51.0 Å². The second-order valence-corrected chi connectivity index (χ2v) is 6.14. The topological polar surface area (TPSA) is 24.9 Å². The van der Waals surface area contributed by atoms with Crippen LogP contribution in [-0.2, 0) is 0 Å². The molecule has 1 aromatic heterocycles. The standard InChI is InChI=1S/C16H25FN2/c1-12(2)8-18-9-13-5-3-4-6-16(13)14-7-15(17)11-19-10-14/h7,10-13,16,18H,3-6,8-9H2,1-2H3. The molecule has 1 saturated carbocycles. The number of nitrogens with zero attached hydrogens (tertiary/aromatic N) is 1. The van der Waals surface area contributed by atoms with Crippen LogP contribution in [0.4, 0.5) is 4.39 Å². The smallest absolute Gasteiger partial charge is 0.141 e. The molecule has 0 spiro atoms. The summed E-state index contributed by atoms with van der Waals surface area (Å²) in [5.41, 5.74) is 1.08. The Hall–Kier alpha value is -0.960. The first-order valence-electron chi connectivity index (χ1n) is 7.48. The van der Waals surface area contributed by atoms with Gasteiger partial charge in [-0.25, -0.2) is 4.39 Å². The largest absolute Gasteiger partial charge is 0.316 e. The van der Waals surface area contributed by atoms with Crippen molar-refractivity contribution in [3.8, 4) is 0 Å². The first-order valence-corrected chi connectivity index (χ1v) is 7.48. The van der Waals surface area contributed by atoms with Crippen molar-refractivity contribution >= 4 is 0 Å². The molecule has 1 heterocycles. The van der Waals surface area contributed by atoms with Crippen molar-refractivity contribution in [2.24, 2.45) is 11.8 Å². The Kier molecular flexibility index (Phi) is 5.32. The molecule has 1 N–H and O–H groups in total. The van der Waals surface area contributed by atoms with E-state index < -0.39 is 0 Å². The Morgan fingerprint density at radius 3 is 2.84 bits per heavy atom. The average Bonchev–Trinajstić information content (AvgIpc) is 2.39. The third-order valence-corrected chi connectivity index (χ3v) is 4.02. The fourth-order valence-corrected chi connectivity index (χ4v) is 3.08. The number of rotatable bonds is 5. The Bertz CT molecular complexity index is 392. The number of pyridine rings is 1. The number of hydrogen-bond acceptors (Lipinski definition) is 2. The van der Waals surface area contributed by atoms with E-state index >= 15 is 0 Å². The molecular weight excluding hydrogens is 239 g/mol. The summed E-state index contributed by atoms with van der Waals surface area (Å²) < 4.78 is 13.3. The van der Waals surface area contributed by atoms with Gasteiger partial charge in [0.25, 0.3) is 0 Å². The Balaban J connectivity index is 1.99. The molecule has 0 aromatic carbocycles. The third-order valence-electron chi connectivity index (χ3n) is 4.02. The lowest BCUT2D eigenvalue weighted by Crippen LogP contribution is -2.31. The minimum absolute atomic E-state index is 0.211. The van der Waals surface area contributed by atoms with Crippen molar-refractivity contribution < 1.29 is 4.39 Å². The molecule has 106 valence electrons. The summed E-state index contributed by atoms with van der Waals surface area (Å²) in [5, 5.41) is 3.55. The number of hydrogen-bond donors (Lipinski definition) is 1. The van der Waals surface area contributed by atoms with Gasteiger partial charge in [0.15, 0.2) is 0 Å². The highest BCUT2D eigenvalue weighted by Gasteiger charge is 2.26. The maximum Gasteiger partial charge on any atom is 0.141 e. The molecule has 0 saturated heterocycles. The van der Waals surface area contributed by atoms with Gasteiger partial charge in [-0.05, 0) is 55.3 Å². The van der Waals surface area contributed by atoms with E-state index in [2.05, 4.69) is 24.1 Å². The summed E-state index contributed by atoms with van der Waals surface area (Å²) in [6.07, 6.45) is 8.09. The molecule has 2 unspecified atom stereocenters. The lowest BCUT2D eigenvalue weighted by molar-refractivity contribution is 0.291. The lowest BCUT2D eigenvalue weighted by atomic mass is 9.76.